The first-order valence-electron chi connectivity index (χ1n) is 4.56. The van der Waals surface area contributed by atoms with E-state index in [2.05, 4.69) is 20.9 Å². The van der Waals surface area contributed by atoms with E-state index in [4.69, 9.17) is 11.5 Å². The first-order chi connectivity index (χ1) is 7.09. The maximum Gasteiger partial charge on any atom is 0.240 e. The zero-order chi connectivity index (χ0) is 11.0. The molecule has 0 spiro atoms. The minimum Gasteiger partial charge on any atom is -0.384 e. The molecule has 6 heteroatoms. The van der Waals surface area contributed by atoms with Crippen molar-refractivity contribution in [3.05, 3.63) is 16.7 Å². The highest BCUT2D eigenvalue weighted by Gasteiger charge is 2.33. The topological polar surface area (TPSA) is 85.2 Å². The van der Waals surface area contributed by atoms with Crippen LogP contribution in [0.2, 0.25) is 0 Å². The summed E-state index contributed by atoms with van der Waals surface area (Å²) in [4.78, 5) is 16.9. The predicted molar refractivity (Wildman–Crippen MR) is 61.3 cm³/mol. The van der Waals surface area contributed by atoms with Gasteiger partial charge in [-0.25, -0.2) is 4.98 Å². The minimum atomic E-state index is -0.302. The van der Waals surface area contributed by atoms with Crippen LogP contribution in [0.5, 0.6) is 0 Å². The Morgan fingerprint density at radius 2 is 2.40 bits per heavy atom. The van der Waals surface area contributed by atoms with Gasteiger partial charge in [-0.2, -0.15) is 0 Å². The fraction of sp³-hybridized carbons (Fsp3) is 0.333. The number of nitrogens with zero attached hydrogens (tertiary/aromatic N) is 2. The molecular weight excluding hydrogens is 260 g/mol. The largest absolute Gasteiger partial charge is 0.384 e. The number of carbonyl (C=O) groups is 1. The second kappa shape index (κ2) is 3.69. The number of nitrogens with two attached hydrogens (primary N) is 2. The van der Waals surface area contributed by atoms with E-state index in [1.54, 1.807) is 12.3 Å². The van der Waals surface area contributed by atoms with Crippen molar-refractivity contribution in [1.82, 2.24) is 4.98 Å². The summed E-state index contributed by atoms with van der Waals surface area (Å²) in [5.74, 6) is 0.131. The third kappa shape index (κ3) is 1.77. The van der Waals surface area contributed by atoms with Crippen molar-refractivity contribution in [2.75, 3.05) is 17.2 Å². The van der Waals surface area contributed by atoms with Gasteiger partial charge in [0.2, 0.25) is 5.91 Å². The van der Waals surface area contributed by atoms with Gasteiger partial charge in [-0.1, -0.05) is 0 Å². The molecule has 5 nitrogen and oxygen atoms in total. The molecule has 1 saturated heterocycles. The summed E-state index contributed by atoms with van der Waals surface area (Å²) >= 11 is 3.37. The van der Waals surface area contributed by atoms with Crippen molar-refractivity contribution in [2.45, 2.75) is 12.5 Å². The summed E-state index contributed by atoms with van der Waals surface area (Å²) in [5.41, 5.74) is 11.7. The molecule has 1 aliphatic rings. The van der Waals surface area contributed by atoms with Crippen LogP contribution in [0, 0.1) is 0 Å². The molecular formula is C9H11BrN4O. The Hall–Kier alpha value is -1.30. The van der Waals surface area contributed by atoms with Crippen LogP contribution in [0.1, 0.15) is 6.42 Å². The van der Waals surface area contributed by atoms with Gasteiger partial charge in [0.1, 0.15) is 11.9 Å². The van der Waals surface area contributed by atoms with E-state index in [0.29, 0.717) is 5.82 Å². The highest BCUT2D eigenvalue weighted by molar-refractivity contribution is 9.10. The van der Waals surface area contributed by atoms with Crippen molar-refractivity contribution >= 4 is 33.3 Å². The van der Waals surface area contributed by atoms with Crippen LogP contribution in [-0.2, 0) is 4.79 Å². The lowest BCUT2D eigenvalue weighted by Gasteiger charge is -2.41. The predicted octanol–water partition coefficient (Wildman–Crippen LogP) is 0.490. The number of carbonyl (C=O) groups excluding carboxylic acids is 1. The van der Waals surface area contributed by atoms with Gasteiger partial charge in [0.15, 0.2) is 0 Å². The Bertz CT molecular complexity index is 409. The van der Waals surface area contributed by atoms with Gasteiger partial charge in [0, 0.05) is 18.8 Å². The Balaban J connectivity index is 2.30. The SMILES string of the molecule is NC(=O)C1CCN1c1cc(N)ncc1Br. The van der Waals surface area contributed by atoms with Gasteiger partial charge in [-0.15, -0.1) is 0 Å². The molecule has 1 aromatic heterocycles. The third-order valence-electron chi connectivity index (χ3n) is 2.51. The second-order valence-corrected chi connectivity index (χ2v) is 4.32. The zero-order valence-corrected chi connectivity index (χ0v) is 9.57. The highest BCUT2D eigenvalue weighted by atomic mass is 79.9. The number of aromatic nitrogens is 1. The lowest BCUT2D eigenvalue weighted by Crippen LogP contribution is -2.55. The lowest BCUT2D eigenvalue weighted by atomic mass is 10.0. The fourth-order valence-electron chi connectivity index (χ4n) is 1.64. The van der Waals surface area contributed by atoms with Crippen LogP contribution >= 0.6 is 15.9 Å². The van der Waals surface area contributed by atoms with Crippen LogP contribution in [0.15, 0.2) is 16.7 Å². The number of primary amides is 1. The fourth-order valence-corrected chi connectivity index (χ4v) is 2.08. The van der Waals surface area contributed by atoms with Gasteiger partial charge in [-0.05, 0) is 22.4 Å². The van der Waals surface area contributed by atoms with E-state index in [0.717, 1.165) is 23.1 Å². The Morgan fingerprint density at radius 1 is 1.67 bits per heavy atom. The summed E-state index contributed by atoms with van der Waals surface area (Å²) in [7, 11) is 0. The molecule has 1 aromatic rings. The molecule has 15 heavy (non-hydrogen) atoms. The normalized spacial score (nSPS) is 19.8. The van der Waals surface area contributed by atoms with E-state index in [1.807, 2.05) is 4.90 Å². The molecule has 0 aliphatic carbocycles. The summed E-state index contributed by atoms with van der Waals surface area (Å²) in [6.45, 7) is 0.815. The molecule has 2 heterocycles. The van der Waals surface area contributed by atoms with Crippen LogP contribution in [0.3, 0.4) is 0 Å². The number of amides is 1. The number of pyridine rings is 1. The molecule has 1 fully saturated rings. The van der Waals surface area contributed by atoms with Crippen LogP contribution in [-0.4, -0.2) is 23.5 Å². The standard InChI is InChI=1S/C9H11BrN4O/c10-5-4-13-8(11)3-7(5)14-2-1-6(14)9(12)15/h3-4,6H,1-2H2,(H2,11,13)(H2,12,15). The van der Waals surface area contributed by atoms with Crippen molar-refractivity contribution in [3.63, 3.8) is 0 Å². The number of anilines is 2. The van der Waals surface area contributed by atoms with Gasteiger partial charge in [0.05, 0.1) is 10.2 Å². The monoisotopic (exact) mass is 270 g/mol. The Labute approximate surface area is 95.6 Å². The average Bonchev–Trinajstić information content (AvgIpc) is 2.08. The molecule has 1 amide bonds. The summed E-state index contributed by atoms with van der Waals surface area (Å²) in [6, 6.07) is 1.52. The molecule has 4 N–H and O–H groups in total. The van der Waals surface area contributed by atoms with Crippen LogP contribution in [0.4, 0.5) is 11.5 Å². The minimum absolute atomic E-state index is 0.219. The smallest absolute Gasteiger partial charge is 0.240 e. The van der Waals surface area contributed by atoms with Gasteiger partial charge in [0.25, 0.3) is 0 Å². The Kier molecular flexibility index (Phi) is 2.52. The van der Waals surface area contributed by atoms with Crippen molar-refractivity contribution in [1.29, 1.82) is 0 Å². The number of halogens is 1. The number of hydrogen-bond donors (Lipinski definition) is 2. The van der Waals surface area contributed by atoms with Gasteiger partial charge >= 0.3 is 0 Å². The highest BCUT2D eigenvalue weighted by Crippen LogP contribution is 2.33. The van der Waals surface area contributed by atoms with Crippen molar-refractivity contribution in [2.24, 2.45) is 5.73 Å². The molecule has 0 aromatic carbocycles. The number of nitrogen functional groups attached to an aromatic ring is 1. The molecule has 0 radical (unpaired) electrons. The maximum absolute atomic E-state index is 11.1. The quantitative estimate of drug-likeness (QED) is 0.819. The average molecular weight is 271 g/mol. The van der Waals surface area contributed by atoms with Crippen LogP contribution in [0.25, 0.3) is 0 Å². The summed E-state index contributed by atoms with van der Waals surface area (Å²) < 4.78 is 0.822. The van der Waals surface area contributed by atoms with E-state index in [-0.39, 0.29) is 11.9 Å². The number of hydrogen-bond acceptors (Lipinski definition) is 4. The Morgan fingerprint density at radius 3 is 2.93 bits per heavy atom. The zero-order valence-electron chi connectivity index (χ0n) is 7.98. The lowest BCUT2D eigenvalue weighted by molar-refractivity contribution is -0.120. The van der Waals surface area contributed by atoms with E-state index < -0.39 is 0 Å². The second-order valence-electron chi connectivity index (χ2n) is 3.46. The molecule has 1 aliphatic heterocycles. The molecule has 1 unspecified atom stereocenters. The molecule has 2 rings (SSSR count). The maximum atomic E-state index is 11.1. The molecule has 1 atom stereocenters. The number of rotatable bonds is 2. The molecule has 0 bridgehead atoms. The van der Waals surface area contributed by atoms with Crippen molar-refractivity contribution in [3.8, 4) is 0 Å². The van der Waals surface area contributed by atoms with E-state index in [1.165, 1.54) is 0 Å². The van der Waals surface area contributed by atoms with Crippen molar-refractivity contribution < 1.29 is 4.79 Å². The van der Waals surface area contributed by atoms with Gasteiger partial charge < -0.3 is 16.4 Å². The molecule has 0 saturated carbocycles. The summed E-state index contributed by atoms with van der Waals surface area (Å²) in [6.07, 6.45) is 2.42. The van der Waals surface area contributed by atoms with Crippen LogP contribution < -0.4 is 16.4 Å². The van der Waals surface area contributed by atoms with E-state index >= 15 is 0 Å². The first-order valence-corrected chi connectivity index (χ1v) is 5.36. The van der Waals surface area contributed by atoms with Gasteiger partial charge in [-0.3, -0.25) is 4.79 Å². The molecule has 80 valence electrons. The summed E-state index contributed by atoms with van der Waals surface area (Å²) in [5, 5.41) is 0. The third-order valence-corrected chi connectivity index (χ3v) is 3.12. The first kappa shape index (κ1) is 10.2. The van der Waals surface area contributed by atoms with E-state index in [9.17, 15) is 4.79 Å².